The number of benzene rings is 1. The number of aliphatic imine (C=N–C) groups is 1. The van der Waals surface area contributed by atoms with Crippen LogP contribution in [-0.2, 0) is 15.9 Å². The lowest BCUT2D eigenvalue weighted by Crippen LogP contribution is -2.45. The van der Waals surface area contributed by atoms with Crippen molar-refractivity contribution in [3.8, 4) is 11.4 Å². The highest BCUT2D eigenvalue weighted by Crippen LogP contribution is 2.18. The predicted octanol–water partition coefficient (Wildman–Crippen LogP) is 2.29. The second-order valence-corrected chi connectivity index (χ2v) is 7.07. The first-order valence-electron chi connectivity index (χ1n) is 9.39. The minimum absolute atomic E-state index is 0.131. The molecule has 8 nitrogen and oxygen atoms in total. The van der Waals surface area contributed by atoms with Crippen LogP contribution in [0, 0.1) is 0 Å². The molecule has 2 unspecified atom stereocenters. The molecule has 2 N–H and O–H groups in total. The number of ether oxygens (including phenoxy) is 2. The van der Waals surface area contributed by atoms with Crippen LogP contribution in [0.3, 0.4) is 0 Å². The third kappa shape index (κ3) is 6.19. The van der Waals surface area contributed by atoms with Gasteiger partial charge in [0, 0.05) is 43.2 Å². The van der Waals surface area contributed by atoms with Crippen LogP contribution in [-0.4, -0.2) is 61.7 Å². The minimum Gasteiger partial charge on any atom is -0.379 e. The Morgan fingerprint density at radius 1 is 1.39 bits per heavy atom. The lowest BCUT2D eigenvalue weighted by atomic mass is 10.2. The van der Waals surface area contributed by atoms with Gasteiger partial charge in [-0.2, -0.15) is 4.98 Å². The van der Waals surface area contributed by atoms with Gasteiger partial charge >= 0.3 is 0 Å². The van der Waals surface area contributed by atoms with Gasteiger partial charge in [-0.1, -0.05) is 16.8 Å². The Bertz CT molecular complexity index is 759. The quantitative estimate of drug-likeness (QED) is 0.512. The van der Waals surface area contributed by atoms with E-state index in [-0.39, 0.29) is 12.1 Å². The average molecular weight is 408 g/mol. The molecule has 3 rings (SSSR count). The maximum absolute atomic E-state index is 5.90. The molecule has 1 aromatic carbocycles. The first kappa shape index (κ1) is 20.6. The van der Waals surface area contributed by atoms with Gasteiger partial charge in [-0.25, -0.2) is 0 Å². The van der Waals surface area contributed by atoms with E-state index in [0.29, 0.717) is 48.9 Å². The van der Waals surface area contributed by atoms with Crippen LogP contribution in [0.1, 0.15) is 19.2 Å². The van der Waals surface area contributed by atoms with E-state index >= 15 is 0 Å². The van der Waals surface area contributed by atoms with Gasteiger partial charge < -0.3 is 24.6 Å². The van der Waals surface area contributed by atoms with Crippen molar-refractivity contribution in [2.75, 3.05) is 33.4 Å². The number of nitrogens with one attached hydrogen (secondary N) is 2. The summed E-state index contributed by atoms with van der Waals surface area (Å²) in [5.74, 6) is 1.82. The number of nitrogens with zero attached hydrogens (tertiary/aromatic N) is 3. The van der Waals surface area contributed by atoms with Crippen molar-refractivity contribution < 1.29 is 14.0 Å². The first-order valence-corrected chi connectivity index (χ1v) is 9.77. The third-order valence-corrected chi connectivity index (χ3v) is 4.53. The van der Waals surface area contributed by atoms with Crippen LogP contribution >= 0.6 is 11.6 Å². The van der Waals surface area contributed by atoms with Gasteiger partial charge in [0.2, 0.25) is 11.7 Å². The molecule has 1 fully saturated rings. The standard InChI is InChI=1S/C19H26ClN5O3/c1-13(11-27-16-8-10-26-12-16)23-19(21-2)22-9-7-17-24-18(25-28-17)14-3-5-15(20)6-4-14/h3-6,13,16H,7-12H2,1-2H3,(H2,21,22,23). The molecule has 2 atom stereocenters. The zero-order chi connectivity index (χ0) is 19.8. The Morgan fingerprint density at radius 3 is 2.93 bits per heavy atom. The molecule has 0 amide bonds. The molecule has 0 spiro atoms. The molecule has 1 aromatic heterocycles. The van der Waals surface area contributed by atoms with Crippen LogP contribution in [0.25, 0.3) is 11.4 Å². The summed E-state index contributed by atoms with van der Waals surface area (Å²) in [7, 11) is 1.74. The highest BCUT2D eigenvalue weighted by Gasteiger charge is 2.17. The molecule has 2 aromatic rings. The molecular weight excluding hydrogens is 382 g/mol. The summed E-state index contributed by atoms with van der Waals surface area (Å²) in [5.41, 5.74) is 0.867. The van der Waals surface area contributed by atoms with E-state index < -0.39 is 0 Å². The summed E-state index contributed by atoms with van der Waals surface area (Å²) in [4.78, 5) is 8.65. The smallest absolute Gasteiger partial charge is 0.228 e. The maximum atomic E-state index is 5.90. The Kier molecular flexibility index (Phi) is 7.64. The van der Waals surface area contributed by atoms with Gasteiger partial charge in [-0.05, 0) is 37.6 Å². The SMILES string of the molecule is CN=C(NCCc1nc(-c2ccc(Cl)cc2)no1)NC(C)COC1CCOC1. The number of guanidine groups is 1. The molecule has 0 radical (unpaired) electrons. The van der Waals surface area contributed by atoms with Gasteiger partial charge in [-0.15, -0.1) is 0 Å². The minimum atomic E-state index is 0.131. The van der Waals surface area contributed by atoms with E-state index in [4.69, 9.17) is 25.6 Å². The molecule has 28 heavy (non-hydrogen) atoms. The van der Waals surface area contributed by atoms with Crippen molar-refractivity contribution in [2.24, 2.45) is 4.99 Å². The normalized spacial score (nSPS) is 18.2. The predicted molar refractivity (Wildman–Crippen MR) is 108 cm³/mol. The van der Waals surface area contributed by atoms with Gasteiger partial charge in [0.1, 0.15) is 0 Å². The van der Waals surface area contributed by atoms with Crippen LogP contribution in [0.4, 0.5) is 0 Å². The summed E-state index contributed by atoms with van der Waals surface area (Å²) in [6.07, 6.45) is 1.75. The Labute approximate surface area is 169 Å². The van der Waals surface area contributed by atoms with Gasteiger partial charge in [0.05, 0.1) is 19.3 Å². The molecule has 2 heterocycles. The zero-order valence-corrected chi connectivity index (χ0v) is 16.9. The average Bonchev–Trinajstić information content (AvgIpc) is 3.38. The molecule has 152 valence electrons. The maximum Gasteiger partial charge on any atom is 0.228 e. The molecule has 1 aliphatic heterocycles. The molecule has 1 aliphatic rings. The summed E-state index contributed by atoms with van der Waals surface area (Å²) < 4.78 is 16.5. The molecular formula is C19H26ClN5O3. The number of hydrogen-bond donors (Lipinski definition) is 2. The summed E-state index contributed by atoms with van der Waals surface area (Å²) in [6, 6.07) is 7.46. The topological polar surface area (TPSA) is 93.8 Å². The Hall–Kier alpha value is -2.16. The monoisotopic (exact) mass is 407 g/mol. The Balaban J connectivity index is 1.40. The second-order valence-electron chi connectivity index (χ2n) is 6.63. The van der Waals surface area contributed by atoms with E-state index in [1.807, 2.05) is 12.1 Å². The van der Waals surface area contributed by atoms with Crippen LogP contribution in [0.5, 0.6) is 0 Å². The van der Waals surface area contributed by atoms with Gasteiger partial charge in [0.15, 0.2) is 5.96 Å². The van der Waals surface area contributed by atoms with Crippen molar-refractivity contribution >= 4 is 17.6 Å². The zero-order valence-electron chi connectivity index (χ0n) is 16.2. The second kappa shape index (κ2) is 10.4. The van der Waals surface area contributed by atoms with Crippen LogP contribution in [0.15, 0.2) is 33.8 Å². The van der Waals surface area contributed by atoms with Crippen molar-refractivity contribution in [1.82, 2.24) is 20.8 Å². The highest BCUT2D eigenvalue weighted by atomic mass is 35.5. The molecule has 0 saturated carbocycles. The number of aromatic nitrogens is 2. The van der Waals surface area contributed by atoms with Crippen LogP contribution < -0.4 is 10.6 Å². The van der Waals surface area contributed by atoms with Crippen molar-refractivity contribution in [1.29, 1.82) is 0 Å². The number of halogens is 1. The molecule has 0 aliphatic carbocycles. The van der Waals surface area contributed by atoms with E-state index in [9.17, 15) is 0 Å². The van der Waals surface area contributed by atoms with Gasteiger partial charge in [0.25, 0.3) is 0 Å². The number of hydrogen-bond acceptors (Lipinski definition) is 6. The summed E-state index contributed by atoms with van der Waals surface area (Å²) >= 11 is 5.90. The van der Waals surface area contributed by atoms with E-state index in [0.717, 1.165) is 18.6 Å². The van der Waals surface area contributed by atoms with E-state index in [1.54, 1.807) is 19.2 Å². The number of rotatable bonds is 8. The highest BCUT2D eigenvalue weighted by molar-refractivity contribution is 6.30. The lowest BCUT2D eigenvalue weighted by molar-refractivity contribution is 0.0347. The van der Waals surface area contributed by atoms with Crippen molar-refractivity contribution in [3.63, 3.8) is 0 Å². The fourth-order valence-corrected chi connectivity index (χ4v) is 2.88. The fraction of sp³-hybridized carbons (Fsp3) is 0.526. The molecule has 1 saturated heterocycles. The van der Waals surface area contributed by atoms with E-state index in [1.165, 1.54) is 0 Å². The molecule has 0 bridgehead atoms. The van der Waals surface area contributed by atoms with Gasteiger partial charge in [-0.3, -0.25) is 4.99 Å². The van der Waals surface area contributed by atoms with E-state index in [2.05, 4.69) is 32.7 Å². The summed E-state index contributed by atoms with van der Waals surface area (Å²) in [5, 5.41) is 11.2. The third-order valence-electron chi connectivity index (χ3n) is 4.28. The largest absolute Gasteiger partial charge is 0.379 e. The summed E-state index contributed by atoms with van der Waals surface area (Å²) in [6.45, 7) is 4.74. The Morgan fingerprint density at radius 2 is 2.21 bits per heavy atom. The van der Waals surface area contributed by atoms with Crippen molar-refractivity contribution in [3.05, 3.63) is 35.2 Å². The lowest BCUT2D eigenvalue weighted by Gasteiger charge is -2.19. The van der Waals surface area contributed by atoms with Crippen molar-refractivity contribution in [2.45, 2.75) is 31.9 Å². The first-order chi connectivity index (χ1) is 13.6. The molecule has 9 heteroatoms. The fourth-order valence-electron chi connectivity index (χ4n) is 2.75. The van der Waals surface area contributed by atoms with Crippen LogP contribution in [0.2, 0.25) is 5.02 Å².